The van der Waals surface area contributed by atoms with Crippen LogP contribution in [0.5, 0.6) is 5.75 Å². The van der Waals surface area contributed by atoms with Crippen LogP contribution >= 0.6 is 11.6 Å². The SMILES string of the molecule is COc1ccc(-c2nc(Cl)nc(N3CCCC3)n2)cc1. The van der Waals surface area contributed by atoms with E-state index in [1.807, 2.05) is 24.3 Å². The molecule has 0 saturated carbocycles. The fourth-order valence-electron chi connectivity index (χ4n) is 2.27. The number of rotatable bonds is 3. The Bertz CT molecular complexity index is 597. The van der Waals surface area contributed by atoms with Gasteiger partial charge in [0.2, 0.25) is 11.2 Å². The molecule has 3 rings (SSSR count). The topological polar surface area (TPSA) is 51.1 Å². The summed E-state index contributed by atoms with van der Waals surface area (Å²) in [5.41, 5.74) is 0.899. The van der Waals surface area contributed by atoms with Gasteiger partial charge in [0.15, 0.2) is 5.82 Å². The molecule has 104 valence electrons. The maximum atomic E-state index is 6.02. The lowest BCUT2D eigenvalue weighted by Gasteiger charge is -2.15. The van der Waals surface area contributed by atoms with Gasteiger partial charge in [0.1, 0.15) is 5.75 Å². The van der Waals surface area contributed by atoms with Gasteiger partial charge < -0.3 is 9.64 Å². The van der Waals surface area contributed by atoms with Crippen LogP contribution < -0.4 is 9.64 Å². The number of halogens is 1. The Balaban J connectivity index is 1.95. The predicted molar refractivity (Wildman–Crippen MR) is 78.3 cm³/mol. The van der Waals surface area contributed by atoms with Gasteiger partial charge in [-0.05, 0) is 48.7 Å². The Morgan fingerprint density at radius 3 is 2.40 bits per heavy atom. The molecule has 1 aromatic heterocycles. The molecule has 0 atom stereocenters. The average molecular weight is 291 g/mol. The second kappa shape index (κ2) is 5.63. The van der Waals surface area contributed by atoms with E-state index < -0.39 is 0 Å². The number of methoxy groups -OCH3 is 1. The molecule has 0 amide bonds. The second-order valence-corrected chi connectivity index (χ2v) is 4.99. The van der Waals surface area contributed by atoms with Crippen LogP contribution in [0.25, 0.3) is 11.4 Å². The summed E-state index contributed by atoms with van der Waals surface area (Å²) < 4.78 is 5.15. The van der Waals surface area contributed by atoms with E-state index in [1.54, 1.807) is 7.11 Å². The largest absolute Gasteiger partial charge is 0.497 e. The molecule has 0 unspecified atom stereocenters. The lowest BCUT2D eigenvalue weighted by atomic mass is 10.2. The predicted octanol–water partition coefficient (Wildman–Crippen LogP) is 2.80. The standard InChI is InChI=1S/C14H15ClN4O/c1-20-11-6-4-10(5-7-11)12-16-13(15)18-14(17-12)19-8-2-3-9-19/h4-7H,2-3,8-9H2,1H3. The molecule has 5 nitrogen and oxygen atoms in total. The van der Waals surface area contributed by atoms with Crippen molar-refractivity contribution in [2.24, 2.45) is 0 Å². The van der Waals surface area contributed by atoms with Crippen LogP contribution in [0.4, 0.5) is 5.95 Å². The quantitative estimate of drug-likeness (QED) is 0.870. The molecule has 0 aliphatic carbocycles. The van der Waals surface area contributed by atoms with Gasteiger partial charge in [0, 0.05) is 18.7 Å². The Morgan fingerprint density at radius 1 is 1.05 bits per heavy atom. The van der Waals surface area contributed by atoms with Crippen LogP contribution in [-0.4, -0.2) is 35.2 Å². The summed E-state index contributed by atoms with van der Waals surface area (Å²) in [6.07, 6.45) is 2.34. The van der Waals surface area contributed by atoms with Crippen LogP contribution in [0.15, 0.2) is 24.3 Å². The molecule has 1 fully saturated rings. The first-order valence-electron chi connectivity index (χ1n) is 6.57. The zero-order valence-corrected chi connectivity index (χ0v) is 12.0. The summed E-state index contributed by atoms with van der Waals surface area (Å²) in [6.45, 7) is 1.95. The van der Waals surface area contributed by atoms with E-state index in [0.717, 1.165) is 24.4 Å². The van der Waals surface area contributed by atoms with Gasteiger partial charge in [-0.25, -0.2) is 0 Å². The highest BCUT2D eigenvalue weighted by Crippen LogP contribution is 2.23. The monoisotopic (exact) mass is 290 g/mol. The van der Waals surface area contributed by atoms with Crippen LogP contribution in [0.2, 0.25) is 5.28 Å². The second-order valence-electron chi connectivity index (χ2n) is 4.65. The van der Waals surface area contributed by atoms with Crippen LogP contribution in [0.1, 0.15) is 12.8 Å². The van der Waals surface area contributed by atoms with E-state index in [4.69, 9.17) is 16.3 Å². The Morgan fingerprint density at radius 2 is 1.75 bits per heavy atom. The molecular weight excluding hydrogens is 276 g/mol. The van der Waals surface area contributed by atoms with Gasteiger partial charge in [0.05, 0.1) is 7.11 Å². The summed E-state index contributed by atoms with van der Waals surface area (Å²) in [5, 5.41) is 0.229. The highest BCUT2D eigenvalue weighted by molar-refractivity contribution is 6.28. The molecule has 0 radical (unpaired) electrons. The first-order chi connectivity index (χ1) is 9.76. The third-order valence-corrected chi connectivity index (χ3v) is 3.50. The molecular formula is C14H15ClN4O. The Hall–Kier alpha value is -1.88. The maximum Gasteiger partial charge on any atom is 0.230 e. The summed E-state index contributed by atoms with van der Waals surface area (Å²) in [7, 11) is 1.64. The molecule has 0 bridgehead atoms. The zero-order chi connectivity index (χ0) is 13.9. The minimum Gasteiger partial charge on any atom is -0.497 e. The smallest absolute Gasteiger partial charge is 0.230 e. The van der Waals surface area contributed by atoms with Crippen molar-refractivity contribution in [3.8, 4) is 17.1 Å². The summed E-state index contributed by atoms with van der Waals surface area (Å²) in [6, 6.07) is 7.58. The molecule has 1 aliphatic rings. The summed E-state index contributed by atoms with van der Waals surface area (Å²) in [5.74, 6) is 2.05. The van der Waals surface area contributed by atoms with Crippen molar-refractivity contribution in [1.29, 1.82) is 0 Å². The summed E-state index contributed by atoms with van der Waals surface area (Å²) in [4.78, 5) is 15.1. The lowest BCUT2D eigenvalue weighted by Crippen LogP contribution is -2.21. The first kappa shape index (κ1) is 13.1. The van der Waals surface area contributed by atoms with Gasteiger partial charge in [-0.1, -0.05) is 0 Å². The normalized spacial score (nSPS) is 14.6. The number of nitrogens with zero attached hydrogens (tertiary/aromatic N) is 4. The first-order valence-corrected chi connectivity index (χ1v) is 6.95. The third-order valence-electron chi connectivity index (χ3n) is 3.33. The Labute approximate surface area is 122 Å². The molecule has 2 heterocycles. The highest BCUT2D eigenvalue weighted by Gasteiger charge is 2.17. The molecule has 1 saturated heterocycles. The minimum absolute atomic E-state index is 0.229. The van der Waals surface area contributed by atoms with Crippen molar-refractivity contribution in [3.63, 3.8) is 0 Å². The summed E-state index contributed by atoms with van der Waals surface area (Å²) >= 11 is 6.02. The van der Waals surface area contributed by atoms with Crippen molar-refractivity contribution in [2.45, 2.75) is 12.8 Å². The van der Waals surface area contributed by atoms with Gasteiger partial charge in [-0.15, -0.1) is 0 Å². The molecule has 0 spiro atoms. The van der Waals surface area contributed by atoms with Gasteiger partial charge >= 0.3 is 0 Å². The third kappa shape index (κ3) is 2.67. The number of anilines is 1. The van der Waals surface area contributed by atoms with Crippen molar-refractivity contribution >= 4 is 17.5 Å². The van der Waals surface area contributed by atoms with Gasteiger partial charge in [0.25, 0.3) is 0 Å². The Kier molecular flexibility index (Phi) is 3.69. The van der Waals surface area contributed by atoms with Crippen LogP contribution in [0.3, 0.4) is 0 Å². The van der Waals surface area contributed by atoms with E-state index in [0.29, 0.717) is 11.8 Å². The molecule has 20 heavy (non-hydrogen) atoms. The number of benzene rings is 1. The van der Waals surface area contributed by atoms with E-state index >= 15 is 0 Å². The average Bonchev–Trinajstić information content (AvgIpc) is 3.01. The molecule has 6 heteroatoms. The van der Waals surface area contributed by atoms with Gasteiger partial charge in [-0.2, -0.15) is 15.0 Å². The maximum absolute atomic E-state index is 6.02. The van der Waals surface area contributed by atoms with Gasteiger partial charge in [-0.3, -0.25) is 0 Å². The van der Waals surface area contributed by atoms with E-state index in [1.165, 1.54) is 12.8 Å². The number of ether oxygens (including phenoxy) is 1. The zero-order valence-electron chi connectivity index (χ0n) is 11.2. The number of hydrogen-bond donors (Lipinski definition) is 0. The van der Waals surface area contributed by atoms with E-state index in [2.05, 4.69) is 19.9 Å². The fourth-order valence-corrected chi connectivity index (χ4v) is 2.42. The number of hydrogen-bond acceptors (Lipinski definition) is 5. The van der Waals surface area contributed by atoms with E-state index in [9.17, 15) is 0 Å². The molecule has 0 N–H and O–H groups in total. The molecule has 2 aromatic rings. The van der Waals surface area contributed by atoms with E-state index in [-0.39, 0.29) is 5.28 Å². The van der Waals surface area contributed by atoms with Crippen molar-refractivity contribution < 1.29 is 4.74 Å². The fraction of sp³-hybridized carbons (Fsp3) is 0.357. The highest BCUT2D eigenvalue weighted by atomic mass is 35.5. The lowest BCUT2D eigenvalue weighted by molar-refractivity contribution is 0.415. The van der Waals surface area contributed by atoms with Crippen molar-refractivity contribution in [2.75, 3.05) is 25.1 Å². The van der Waals surface area contributed by atoms with Crippen molar-refractivity contribution in [1.82, 2.24) is 15.0 Å². The van der Waals surface area contributed by atoms with Crippen LogP contribution in [-0.2, 0) is 0 Å². The molecule has 1 aromatic carbocycles. The number of aromatic nitrogens is 3. The van der Waals surface area contributed by atoms with Crippen LogP contribution in [0, 0.1) is 0 Å². The van der Waals surface area contributed by atoms with Crippen molar-refractivity contribution in [3.05, 3.63) is 29.5 Å². The molecule has 1 aliphatic heterocycles. The minimum atomic E-state index is 0.229.